The van der Waals surface area contributed by atoms with Crippen molar-refractivity contribution in [3.63, 3.8) is 0 Å². The van der Waals surface area contributed by atoms with Gasteiger partial charge in [-0.2, -0.15) is 26.3 Å². The van der Waals surface area contributed by atoms with E-state index in [2.05, 4.69) is 6.58 Å². The van der Waals surface area contributed by atoms with Gasteiger partial charge in [-0.05, 0) is 0 Å². The van der Waals surface area contributed by atoms with E-state index in [1.165, 1.54) is 0 Å². The molecule has 0 bridgehead atoms. The van der Waals surface area contributed by atoms with Crippen LogP contribution in [-0.2, 0) is 0 Å². The van der Waals surface area contributed by atoms with Gasteiger partial charge >= 0.3 is 12.4 Å². The van der Waals surface area contributed by atoms with Gasteiger partial charge in [0.1, 0.15) is 5.54 Å². The highest BCUT2D eigenvalue weighted by Gasteiger charge is 2.55. The van der Waals surface area contributed by atoms with Gasteiger partial charge in [0, 0.05) is 0 Å². The second kappa shape index (κ2) is 3.50. The topological polar surface area (TPSA) is 0 Å². The molecule has 0 aromatic rings. The zero-order valence-corrected chi connectivity index (χ0v) is 7.25. The van der Waals surface area contributed by atoms with E-state index in [-0.39, 0.29) is 0 Å². The van der Waals surface area contributed by atoms with Crippen molar-refractivity contribution in [2.75, 3.05) is 0 Å². The highest BCUT2D eigenvalue weighted by Crippen LogP contribution is 2.43. The van der Waals surface area contributed by atoms with Crippen LogP contribution in [0, 0.1) is 0 Å². The summed E-state index contributed by atoms with van der Waals surface area (Å²) in [5, 5.41) is 0. The van der Waals surface area contributed by atoms with E-state index in [0.29, 0.717) is 0 Å². The highest BCUT2D eigenvalue weighted by molar-refractivity contribution is 6.44. The normalized spacial score (nSPS) is 14.6. The van der Waals surface area contributed by atoms with Gasteiger partial charge in [0.2, 0.25) is 0 Å². The van der Waals surface area contributed by atoms with E-state index < -0.39 is 27.4 Å². The molecule has 12 heavy (non-hydrogen) atoms. The molecule has 0 unspecified atom stereocenters. The van der Waals surface area contributed by atoms with Crippen molar-refractivity contribution in [2.45, 2.75) is 17.9 Å². The second-order valence-electron chi connectivity index (χ2n) is 2.16. The molecule has 0 saturated heterocycles. The molecule has 0 N–H and O–H groups in total. The van der Waals surface area contributed by atoms with Crippen LogP contribution in [-0.4, -0.2) is 21.9 Å². The minimum Gasteiger partial charge on any atom is -0.171 e. The Hall–Kier alpha value is -0.463. The van der Waals surface area contributed by atoms with E-state index in [4.69, 9.17) is 0 Å². The van der Waals surface area contributed by atoms with Crippen LogP contribution in [0.1, 0.15) is 0 Å². The monoisotopic (exact) mass is 208 g/mol. The van der Waals surface area contributed by atoms with Crippen LogP contribution in [0.3, 0.4) is 0 Å². The lowest BCUT2D eigenvalue weighted by molar-refractivity contribution is -0.230. The third kappa shape index (κ3) is 3.29. The fraction of sp³-hybridized carbons (Fsp3) is 0.600. The third-order valence-electron chi connectivity index (χ3n) is 1.19. The molecule has 0 aromatic heterocycles. The van der Waals surface area contributed by atoms with Crippen molar-refractivity contribution in [3.8, 4) is 0 Å². The van der Waals surface area contributed by atoms with Crippen molar-refractivity contribution >= 4 is 9.52 Å². The largest absolute Gasteiger partial charge is 0.397 e. The summed E-state index contributed by atoms with van der Waals surface area (Å²) in [4.78, 5) is 0. The summed E-state index contributed by atoms with van der Waals surface area (Å²) in [5.74, 6) is 0. The van der Waals surface area contributed by atoms with Gasteiger partial charge in [0.25, 0.3) is 0 Å². The predicted molar refractivity (Wildman–Crippen MR) is 34.6 cm³/mol. The third-order valence-corrected chi connectivity index (χ3v) is 2.92. The first-order chi connectivity index (χ1) is 5.19. The van der Waals surface area contributed by atoms with Crippen molar-refractivity contribution < 1.29 is 26.3 Å². The first-order valence-electron chi connectivity index (χ1n) is 2.94. The van der Waals surface area contributed by atoms with Gasteiger partial charge in [-0.25, -0.2) is 0 Å². The van der Waals surface area contributed by atoms with Crippen molar-refractivity contribution in [1.82, 2.24) is 0 Å². The van der Waals surface area contributed by atoms with Crippen molar-refractivity contribution in [3.05, 3.63) is 12.3 Å². The fourth-order valence-corrected chi connectivity index (χ4v) is 1.49. The highest BCUT2D eigenvalue weighted by atomic mass is 28.2. The summed E-state index contributed by atoms with van der Waals surface area (Å²) in [7, 11) is -2.36. The second-order valence-corrected chi connectivity index (χ2v) is 4.03. The van der Waals surface area contributed by atoms with Gasteiger partial charge in [-0.3, -0.25) is 0 Å². The molecule has 0 aliphatic heterocycles. The van der Waals surface area contributed by atoms with Crippen molar-refractivity contribution in [2.24, 2.45) is 0 Å². The smallest absolute Gasteiger partial charge is 0.171 e. The van der Waals surface area contributed by atoms with E-state index >= 15 is 0 Å². The Bertz CT molecular complexity index is 142. The maximum Gasteiger partial charge on any atom is 0.397 e. The summed E-state index contributed by atoms with van der Waals surface area (Å²) in [6.07, 6.45) is -10.4. The number of alkyl halides is 6. The molecule has 0 aromatic carbocycles. The number of hydrogen-bond donors (Lipinski definition) is 0. The Morgan fingerprint density at radius 3 is 1.42 bits per heavy atom. The minimum absolute atomic E-state index is 0.742. The average molecular weight is 208 g/mol. The molecule has 0 spiro atoms. The molecule has 0 radical (unpaired) electrons. The average Bonchev–Trinajstić information content (AvgIpc) is 1.77. The summed E-state index contributed by atoms with van der Waals surface area (Å²) in [6, 6.07) is 0. The summed E-state index contributed by atoms with van der Waals surface area (Å²) < 4.78 is 70.0. The number of halogens is 6. The lowest BCUT2D eigenvalue weighted by Gasteiger charge is -2.20. The zero-order chi connectivity index (χ0) is 9.99. The van der Waals surface area contributed by atoms with Crippen molar-refractivity contribution in [1.29, 1.82) is 0 Å². The van der Waals surface area contributed by atoms with Crippen LogP contribution in [0.5, 0.6) is 0 Å². The Balaban J connectivity index is 4.56. The van der Waals surface area contributed by atoms with Gasteiger partial charge in [-0.15, -0.1) is 12.3 Å². The molecule has 0 aliphatic rings. The van der Waals surface area contributed by atoms with Gasteiger partial charge < -0.3 is 0 Å². The van der Waals surface area contributed by atoms with Gasteiger partial charge in [0.05, 0.1) is 9.52 Å². The fourth-order valence-electron chi connectivity index (χ4n) is 0.620. The van der Waals surface area contributed by atoms with Crippen LogP contribution < -0.4 is 0 Å². The van der Waals surface area contributed by atoms with Crippen LogP contribution in [0.15, 0.2) is 12.3 Å². The molecule has 0 fully saturated rings. The van der Waals surface area contributed by atoms with Crippen LogP contribution >= 0.6 is 0 Å². The maximum absolute atomic E-state index is 11.7. The molecule has 72 valence electrons. The maximum atomic E-state index is 11.7. The SMILES string of the molecule is C=C[SiH2]C(C(F)(F)F)C(F)(F)F. The molecule has 0 aliphatic carbocycles. The Morgan fingerprint density at radius 2 is 1.33 bits per heavy atom. The number of hydrogen-bond acceptors (Lipinski definition) is 0. The van der Waals surface area contributed by atoms with Gasteiger partial charge in [0.15, 0.2) is 0 Å². The lowest BCUT2D eigenvalue weighted by atomic mass is 10.4. The molecule has 0 nitrogen and oxygen atoms in total. The van der Waals surface area contributed by atoms with Gasteiger partial charge in [-0.1, -0.05) is 0 Å². The molecule has 0 saturated carbocycles. The van der Waals surface area contributed by atoms with E-state index in [1.54, 1.807) is 0 Å². The molecule has 0 rings (SSSR count). The molecule has 0 amide bonds. The van der Waals surface area contributed by atoms with Crippen LogP contribution in [0.2, 0.25) is 5.54 Å². The first kappa shape index (κ1) is 11.5. The van der Waals surface area contributed by atoms with E-state index in [0.717, 1.165) is 5.70 Å². The quantitative estimate of drug-likeness (QED) is 0.482. The Labute approximate surface area is 67.1 Å². The van der Waals surface area contributed by atoms with E-state index in [1.807, 2.05) is 0 Å². The van der Waals surface area contributed by atoms with Crippen LogP contribution in [0.4, 0.5) is 26.3 Å². The zero-order valence-electron chi connectivity index (χ0n) is 5.84. The molecule has 7 heteroatoms. The lowest BCUT2D eigenvalue weighted by Crippen LogP contribution is -2.34. The minimum atomic E-state index is -5.18. The predicted octanol–water partition coefficient (Wildman–Crippen LogP) is 2.21. The first-order valence-corrected chi connectivity index (χ1v) is 4.57. The molecular formula is C5H6F6Si. The molecule has 0 heterocycles. The summed E-state index contributed by atoms with van der Waals surface area (Å²) >= 11 is 0. The molecular weight excluding hydrogens is 202 g/mol. The number of rotatable bonds is 2. The van der Waals surface area contributed by atoms with E-state index in [9.17, 15) is 26.3 Å². The summed E-state index contributed by atoms with van der Waals surface area (Å²) in [6.45, 7) is 2.89. The van der Waals surface area contributed by atoms with Crippen LogP contribution in [0.25, 0.3) is 0 Å². The molecule has 0 atom stereocenters. The Morgan fingerprint density at radius 1 is 1.00 bits per heavy atom. The summed E-state index contributed by atoms with van der Waals surface area (Å²) in [5.41, 5.74) is -2.41. The Kier molecular flexibility index (Phi) is 3.37. The standard InChI is InChI=1S/C5H6F6Si/c1-2-12-3(4(6,7)8)5(9,10)11/h2-3H,1,12H2.